The fourth-order valence-corrected chi connectivity index (χ4v) is 0.891. The summed E-state index contributed by atoms with van der Waals surface area (Å²) in [6.45, 7) is 0.574. The van der Waals surface area contributed by atoms with E-state index in [1.165, 1.54) is 0 Å². The third kappa shape index (κ3) is 2.82. The van der Waals surface area contributed by atoms with E-state index in [9.17, 15) is 0 Å². The van der Waals surface area contributed by atoms with Crippen LogP contribution in [0.25, 0.3) is 0 Å². The molecule has 0 saturated carbocycles. The number of aromatic nitrogens is 1. The van der Waals surface area contributed by atoms with Gasteiger partial charge in [-0.2, -0.15) is 5.26 Å². The van der Waals surface area contributed by atoms with Crippen LogP contribution >= 0.6 is 0 Å². The second kappa shape index (κ2) is 5.25. The molecule has 1 heterocycles. The van der Waals surface area contributed by atoms with Crippen molar-refractivity contribution in [3.8, 4) is 6.07 Å². The fourth-order valence-electron chi connectivity index (χ4n) is 0.891. The van der Waals surface area contributed by atoms with E-state index in [0.29, 0.717) is 12.3 Å². The van der Waals surface area contributed by atoms with E-state index in [0.717, 1.165) is 5.56 Å². The molecule has 1 aromatic heterocycles. The molecule has 0 fully saturated rings. The largest absolute Gasteiger partial charge is 0.359 e. The number of methoxy groups -OCH3 is 1. The first-order chi connectivity index (χ1) is 6.38. The molecule has 0 spiro atoms. The van der Waals surface area contributed by atoms with Crippen LogP contribution in [0.4, 0.5) is 0 Å². The van der Waals surface area contributed by atoms with Gasteiger partial charge in [0.25, 0.3) is 0 Å². The average Bonchev–Trinajstić information content (AvgIpc) is 2.19. The highest BCUT2D eigenvalue weighted by molar-refractivity contribution is 5.29. The maximum Gasteiger partial charge on any atom is 0.146 e. The van der Waals surface area contributed by atoms with Crippen molar-refractivity contribution in [1.82, 2.24) is 4.98 Å². The van der Waals surface area contributed by atoms with Crippen molar-refractivity contribution >= 4 is 0 Å². The number of nitriles is 1. The third-order valence-electron chi connectivity index (χ3n) is 1.46. The smallest absolute Gasteiger partial charge is 0.146 e. The van der Waals surface area contributed by atoms with Crippen molar-refractivity contribution in [3.63, 3.8) is 0 Å². The maximum absolute atomic E-state index is 8.68. The van der Waals surface area contributed by atoms with Crippen LogP contribution in [-0.2, 0) is 16.1 Å². The van der Waals surface area contributed by atoms with Gasteiger partial charge in [0.2, 0.25) is 0 Å². The Morgan fingerprint density at radius 1 is 1.62 bits per heavy atom. The molecule has 0 aliphatic rings. The highest BCUT2D eigenvalue weighted by atomic mass is 16.7. The van der Waals surface area contributed by atoms with Crippen LogP contribution in [0.1, 0.15) is 11.3 Å². The summed E-state index contributed by atoms with van der Waals surface area (Å²) in [4.78, 5) is 3.89. The molecule has 0 aromatic carbocycles. The monoisotopic (exact) mass is 178 g/mol. The summed E-state index contributed by atoms with van der Waals surface area (Å²) >= 11 is 0. The van der Waals surface area contributed by atoms with E-state index in [4.69, 9.17) is 14.7 Å². The number of ether oxygens (including phenoxy) is 2. The Morgan fingerprint density at radius 3 is 3.15 bits per heavy atom. The molecule has 0 unspecified atom stereocenters. The summed E-state index contributed by atoms with van der Waals surface area (Å²) in [6, 6.07) is 5.57. The molecule has 0 aliphatic carbocycles. The van der Waals surface area contributed by atoms with Gasteiger partial charge in [0.1, 0.15) is 18.6 Å². The van der Waals surface area contributed by atoms with Gasteiger partial charge in [0.15, 0.2) is 0 Å². The highest BCUT2D eigenvalue weighted by Crippen LogP contribution is 2.05. The summed E-state index contributed by atoms with van der Waals surface area (Å²) in [7, 11) is 1.55. The van der Waals surface area contributed by atoms with E-state index >= 15 is 0 Å². The van der Waals surface area contributed by atoms with Gasteiger partial charge in [0.05, 0.1) is 6.61 Å². The highest BCUT2D eigenvalue weighted by Gasteiger charge is 2.00. The van der Waals surface area contributed by atoms with Gasteiger partial charge in [-0.1, -0.05) is 6.07 Å². The predicted molar refractivity (Wildman–Crippen MR) is 45.6 cm³/mol. The molecule has 68 valence electrons. The van der Waals surface area contributed by atoms with Crippen LogP contribution in [0.15, 0.2) is 18.3 Å². The first-order valence-electron chi connectivity index (χ1n) is 3.79. The minimum atomic E-state index is 0.222. The molecule has 0 atom stereocenters. The number of nitrogens with zero attached hydrogens (tertiary/aromatic N) is 2. The molecular formula is C9H10N2O2. The average molecular weight is 178 g/mol. The number of hydrogen-bond acceptors (Lipinski definition) is 4. The summed E-state index contributed by atoms with van der Waals surface area (Å²) in [6.07, 6.45) is 1.58. The van der Waals surface area contributed by atoms with Gasteiger partial charge in [0, 0.05) is 18.9 Å². The van der Waals surface area contributed by atoms with Crippen LogP contribution in [0.3, 0.4) is 0 Å². The van der Waals surface area contributed by atoms with Crippen LogP contribution in [0.2, 0.25) is 0 Å². The van der Waals surface area contributed by atoms with Gasteiger partial charge < -0.3 is 9.47 Å². The summed E-state index contributed by atoms with van der Waals surface area (Å²) in [5.74, 6) is 0. The van der Waals surface area contributed by atoms with Crippen LogP contribution < -0.4 is 0 Å². The van der Waals surface area contributed by atoms with Gasteiger partial charge in [-0.05, 0) is 6.07 Å². The second-order valence-corrected chi connectivity index (χ2v) is 2.38. The first kappa shape index (κ1) is 9.65. The summed E-state index contributed by atoms with van der Waals surface area (Å²) < 4.78 is 9.81. The zero-order chi connectivity index (χ0) is 9.52. The van der Waals surface area contributed by atoms with Gasteiger partial charge in [-0.15, -0.1) is 0 Å². The second-order valence-electron chi connectivity index (χ2n) is 2.38. The lowest BCUT2D eigenvalue weighted by Gasteiger charge is -2.03. The number of rotatable bonds is 4. The molecule has 0 bridgehead atoms. The summed E-state index contributed by atoms with van der Waals surface area (Å²) in [5.41, 5.74) is 1.18. The standard InChI is InChI=1S/C9H10N2O2/c1-12-7-13-6-8-3-2-4-11-9(8)5-10/h2-4H,6-7H2,1H3. The van der Waals surface area contributed by atoms with E-state index in [2.05, 4.69) is 4.98 Å². The minimum Gasteiger partial charge on any atom is -0.359 e. The van der Waals surface area contributed by atoms with Crippen LogP contribution in [0.5, 0.6) is 0 Å². The Bertz CT molecular complexity index is 307. The van der Waals surface area contributed by atoms with Crippen molar-refractivity contribution in [2.75, 3.05) is 13.9 Å². The van der Waals surface area contributed by atoms with Crippen molar-refractivity contribution in [1.29, 1.82) is 5.26 Å². The topological polar surface area (TPSA) is 55.1 Å². The molecule has 4 heteroatoms. The lowest BCUT2D eigenvalue weighted by Crippen LogP contribution is -1.99. The molecule has 0 saturated heterocycles. The Labute approximate surface area is 76.7 Å². The van der Waals surface area contributed by atoms with Gasteiger partial charge >= 0.3 is 0 Å². The van der Waals surface area contributed by atoms with E-state index in [1.807, 2.05) is 6.07 Å². The first-order valence-corrected chi connectivity index (χ1v) is 3.79. The molecule has 1 aromatic rings. The number of hydrogen-bond donors (Lipinski definition) is 0. The van der Waals surface area contributed by atoms with E-state index in [1.54, 1.807) is 25.4 Å². The Balaban J connectivity index is 2.60. The van der Waals surface area contributed by atoms with Gasteiger partial charge in [-0.25, -0.2) is 4.98 Å². The Morgan fingerprint density at radius 2 is 2.46 bits per heavy atom. The lowest BCUT2D eigenvalue weighted by atomic mass is 10.2. The molecule has 0 N–H and O–H groups in total. The normalized spacial score (nSPS) is 9.54. The minimum absolute atomic E-state index is 0.222. The zero-order valence-corrected chi connectivity index (χ0v) is 7.36. The molecule has 13 heavy (non-hydrogen) atoms. The lowest BCUT2D eigenvalue weighted by molar-refractivity contribution is -0.0392. The SMILES string of the molecule is COCOCc1cccnc1C#N. The Kier molecular flexibility index (Phi) is 3.89. The van der Waals surface area contributed by atoms with Gasteiger partial charge in [-0.3, -0.25) is 0 Å². The zero-order valence-electron chi connectivity index (χ0n) is 7.36. The van der Waals surface area contributed by atoms with Crippen molar-refractivity contribution in [2.24, 2.45) is 0 Å². The van der Waals surface area contributed by atoms with Crippen LogP contribution in [0, 0.1) is 11.3 Å². The van der Waals surface area contributed by atoms with E-state index < -0.39 is 0 Å². The van der Waals surface area contributed by atoms with Crippen molar-refractivity contribution in [2.45, 2.75) is 6.61 Å². The molecular weight excluding hydrogens is 168 g/mol. The maximum atomic E-state index is 8.68. The van der Waals surface area contributed by atoms with Crippen molar-refractivity contribution < 1.29 is 9.47 Å². The van der Waals surface area contributed by atoms with E-state index in [-0.39, 0.29) is 6.79 Å². The van der Waals surface area contributed by atoms with Crippen LogP contribution in [-0.4, -0.2) is 18.9 Å². The molecule has 0 aliphatic heterocycles. The number of pyridine rings is 1. The summed E-state index contributed by atoms with van der Waals surface area (Å²) in [5, 5.41) is 8.68. The molecule has 0 amide bonds. The van der Waals surface area contributed by atoms with Crippen molar-refractivity contribution in [3.05, 3.63) is 29.6 Å². The molecule has 0 radical (unpaired) electrons. The molecule has 1 rings (SSSR count). The molecule has 4 nitrogen and oxygen atoms in total. The fraction of sp³-hybridized carbons (Fsp3) is 0.333. The predicted octanol–water partition coefficient (Wildman–Crippen LogP) is 1.07. The Hall–Kier alpha value is -1.44. The quantitative estimate of drug-likeness (QED) is 0.511. The third-order valence-corrected chi connectivity index (χ3v) is 1.46.